The number of ether oxygens (including phenoxy) is 1. The summed E-state index contributed by atoms with van der Waals surface area (Å²) in [5.74, 6) is 0.871. The summed E-state index contributed by atoms with van der Waals surface area (Å²) >= 11 is 1.65. The van der Waals surface area contributed by atoms with Crippen molar-refractivity contribution in [3.8, 4) is 16.9 Å². The molecule has 0 aliphatic carbocycles. The number of hydrogen-bond donors (Lipinski definition) is 1. The molecule has 0 bridgehead atoms. The van der Waals surface area contributed by atoms with E-state index in [0.29, 0.717) is 26.0 Å². The van der Waals surface area contributed by atoms with Crippen LogP contribution < -0.4 is 10.1 Å². The summed E-state index contributed by atoms with van der Waals surface area (Å²) in [4.78, 5) is 12.9. The number of nitrogens with one attached hydrogen (secondary N) is 1. The SMILES string of the molecule is Cn1cc(-c2ccc(OCCCC(=O)NCc3cccs3)cc2)cn1. The lowest BCUT2D eigenvalue weighted by Gasteiger charge is -2.07. The van der Waals surface area contributed by atoms with Gasteiger partial charge in [0.1, 0.15) is 5.75 Å². The van der Waals surface area contributed by atoms with Crippen LogP contribution in [-0.2, 0) is 18.4 Å². The van der Waals surface area contributed by atoms with Crippen molar-refractivity contribution in [1.82, 2.24) is 15.1 Å². The van der Waals surface area contributed by atoms with E-state index in [1.807, 2.05) is 61.2 Å². The standard InChI is InChI=1S/C19H21N3O2S/c1-22-14-16(12-21-22)15-6-8-17(9-7-15)24-10-2-5-19(23)20-13-18-4-3-11-25-18/h3-4,6-9,11-12,14H,2,5,10,13H2,1H3,(H,20,23). The number of nitrogens with zero attached hydrogens (tertiary/aromatic N) is 2. The van der Waals surface area contributed by atoms with E-state index in [1.54, 1.807) is 16.0 Å². The van der Waals surface area contributed by atoms with Crippen LogP contribution in [0.2, 0.25) is 0 Å². The molecule has 0 aliphatic rings. The summed E-state index contributed by atoms with van der Waals surface area (Å²) in [6.07, 6.45) is 4.98. The van der Waals surface area contributed by atoms with E-state index in [9.17, 15) is 4.79 Å². The van der Waals surface area contributed by atoms with Gasteiger partial charge in [0.15, 0.2) is 0 Å². The van der Waals surface area contributed by atoms with Crippen LogP contribution in [0.15, 0.2) is 54.2 Å². The molecule has 2 heterocycles. The van der Waals surface area contributed by atoms with E-state index in [1.165, 1.54) is 4.88 Å². The Morgan fingerprint density at radius 3 is 2.76 bits per heavy atom. The fourth-order valence-electron chi connectivity index (χ4n) is 2.42. The van der Waals surface area contributed by atoms with E-state index < -0.39 is 0 Å². The lowest BCUT2D eigenvalue weighted by molar-refractivity contribution is -0.121. The number of carbonyl (C=O) groups excluding carboxylic acids is 1. The van der Waals surface area contributed by atoms with Crippen LogP contribution in [0.5, 0.6) is 5.75 Å². The van der Waals surface area contributed by atoms with Crippen molar-refractivity contribution in [2.45, 2.75) is 19.4 Å². The molecule has 3 rings (SSSR count). The van der Waals surface area contributed by atoms with Crippen molar-refractivity contribution in [3.05, 3.63) is 59.0 Å². The highest BCUT2D eigenvalue weighted by Crippen LogP contribution is 2.21. The summed E-state index contributed by atoms with van der Waals surface area (Å²) in [6, 6.07) is 11.9. The first-order valence-electron chi connectivity index (χ1n) is 8.22. The Hall–Kier alpha value is -2.60. The highest BCUT2D eigenvalue weighted by Gasteiger charge is 2.03. The summed E-state index contributed by atoms with van der Waals surface area (Å²) in [6.45, 7) is 1.13. The van der Waals surface area contributed by atoms with Crippen molar-refractivity contribution >= 4 is 17.2 Å². The summed E-state index contributed by atoms with van der Waals surface area (Å²) in [7, 11) is 1.90. The van der Waals surface area contributed by atoms with Crippen LogP contribution in [0.3, 0.4) is 0 Å². The third-order valence-corrected chi connectivity index (χ3v) is 4.63. The number of carbonyl (C=O) groups is 1. The molecule has 0 saturated carbocycles. The number of aromatic nitrogens is 2. The molecule has 0 saturated heterocycles. The molecule has 1 aromatic carbocycles. The molecule has 0 spiro atoms. The van der Waals surface area contributed by atoms with Crippen molar-refractivity contribution in [2.75, 3.05) is 6.61 Å². The Labute approximate surface area is 151 Å². The largest absolute Gasteiger partial charge is 0.494 e. The Bertz CT molecular complexity index is 794. The van der Waals surface area contributed by atoms with Crippen LogP contribution in [0.25, 0.3) is 11.1 Å². The van der Waals surface area contributed by atoms with Gasteiger partial charge in [0.2, 0.25) is 5.91 Å². The van der Waals surface area contributed by atoms with Gasteiger partial charge >= 0.3 is 0 Å². The summed E-state index contributed by atoms with van der Waals surface area (Å²) in [5.41, 5.74) is 2.19. The van der Waals surface area contributed by atoms with Gasteiger partial charge in [0.25, 0.3) is 0 Å². The molecule has 2 aromatic heterocycles. The number of hydrogen-bond acceptors (Lipinski definition) is 4. The highest BCUT2D eigenvalue weighted by atomic mass is 32.1. The van der Waals surface area contributed by atoms with Crippen LogP contribution in [0.1, 0.15) is 17.7 Å². The van der Waals surface area contributed by atoms with Gasteiger partial charge < -0.3 is 10.1 Å². The minimum Gasteiger partial charge on any atom is -0.494 e. The fourth-order valence-corrected chi connectivity index (χ4v) is 3.07. The Morgan fingerprint density at radius 2 is 2.08 bits per heavy atom. The molecule has 5 nitrogen and oxygen atoms in total. The lowest BCUT2D eigenvalue weighted by Crippen LogP contribution is -2.22. The number of amides is 1. The molecule has 0 fully saturated rings. The predicted molar refractivity (Wildman–Crippen MR) is 99.5 cm³/mol. The van der Waals surface area contributed by atoms with Gasteiger partial charge in [-0.3, -0.25) is 9.48 Å². The average Bonchev–Trinajstić information content (AvgIpc) is 3.29. The predicted octanol–water partition coefficient (Wildman–Crippen LogP) is 3.62. The second-order valence-electron chi connectivity index (χ2n) is 5.74. The summed E-state index contributed by atoms with van der Waals surface area (Å²) < 4.78 is 7.49. The molecule has 130 valence electrons. The first kappa shape index (κ1) is 17.2. The van der Waals surface area contributed by atoms with E-state index in [0.717, 1.165) is 16.9 Å². The smallest absolute Gasteiger partial charge is 0.220 e. The normalized spacial score (nSPS) is 10.6. The maximum absolute atomic E-state index is 11.8. The molecule has 0 radical (unpaired) electrons. The maximum atomic E-state index is 11.8. The molecule has 1 N–H and O–H groups in total. The molecule has 3 aromatic rings. The van der Waals surface area contributed by atoms with Gasteiger partial charge in [-0.1, -0.05) is 18.2 Å². The second-order valence-corrected chi connectivity index (χ2v) is 6.77. The molecule has 25 heavy (non-hydrogen) atoms. The quantitative estimate of drug-likeness (QED) is 0.628. The van der Waals surface area contributed by atoms with Crippen molar-refractivity contribution in [2.24, 2.45) is 7.05 Å². The van der Waals surface area contributed by atoms with Crippen molar-refractivity contribution in [3.63, 3.8) is 0 Å². The van der Waals surface area contributed by atoms with E-state index in [2.05, 4.69) is 10.4 Å². The molecular weight excluding hydrogens is 334 g/mol. The molecule has 0 unspecified atom stereocenters. The van der Waals surface area contributed by atoms with Crippen LogP contribution in [0, 0.1) is 0 Å². The third kappa shape index (κ3) is 5.19. The van der Waals surface area contributed by atoms with Crippen molar-refractivity contribution in [1.29, 1.82) is 0 Å². The lowest BCUT2D eigenvalue weighted by atomic mass is 10.1. The minimum atomic E-state index is 0.0592. The van der Waals surface area contributed by atoms with Gasteiger partial charge in [-0.05, 0) is 35.6 Å². The number of thiophene rings is 1. The average molecular weight is 355 g/mol. The van der Waals surface area contributed by atoms with E-state index in [-0.39, 0.29) is 5.91 Å². The van der Waals surface area contributed by atoms with Crippen LogP contribution in [-0.4, -0.2) is 22.3 Å². The zero-order valence-corrected chi connectivity index (χ0v) is 15.0. The molecule has 0 aliphatic heterocycles. The molecular formula is C19H21N3O2S. The topological polar surface area (TPSA) is 56.1 Å². The number of aryl methyl sites for hydroxylation is 1. The maximum Gasteiger partial charge on any atom is 0.220 e. The number of benzene rings is 1. The zero-order chi connectivity index (χ0) is 17.5. The third-order valence-electron chi connectivity index (χ3n) is 3.75. The Kier molecular flexibility index (Phi) is 5.85. The van der Waals surface area contributed by atoms with Crippen LogP contribution in [0.4, 0.5) is 0 Å². The molecule has 6 heteroatoms. The van der Waals surface area contributed by atoms with Gasteiger partial charge in [-0.25, -0.2) is 0 Å². The summed E-state index contributed by atoms with van der Waals surface area (Å²) in [5, 5.41) is 9.10. The second kappa shape index (κ2) is 8.48. The van der Waals surface area contributed by atoms with Gasteiger partial charge in [0.05, 0.1) is 19.3 Å². The van der Waals surface area contributed by atoms with Gasteiger partial charge in [0, 0.05) is 30.1 Å². The Morgan fingerprint density at radius 1 is 1.24 bits per heavy atom. The van der Waals surface area contributed by atoms with Gasteiger partial charge in [-0.2, -0.15) is 5.10 Å². The van der Waals surface area contributed by atoms with Crippen molar-refractivity contribution < 1.29 is 9.53 Å². The first-order valence-corrected chi connectivity index (χ1v) is 9.09. The van der Waals surface area contributed by atoms with Gasteiger partial charge in [-0.15, -0.1) is 11.3 Å². The molecule has 0 atom stereocenters. The minimum absolute atomic E-state index is 0.0592. The Balaban J connectivity index is 1.36. The highest BCUT2D eigenvalue weighted by molar-refractivity contribution is 7.09. The first-order chi connectivity index (χ1) is 12.2. The van der Waals surface area contributed by atoms with E-state index in [4.69, 9.17) is 4.74 Å². The number of rotatable bonds is 8. The zero-order valence-electron chi connectivity index (χ0n) is 14.1. The fraction of sp³-hybridized carbons (Fsp3) is 0.263. The monoisotopic (exact) mass is 355 g/mol. The van der Waals surface area contributed by atoms with E-state index >= 15 is 0 Å². The molecule has 1 amide bonds. The van der Waals surface area contributed by atoms with Crippen LogP contribution >= 0.6 is 11.3 Å².